The molecule has 1 amide bonds. The molecule has 3 aromatic rings. The first-order chi connectivity index (χ1) is 11.1. The number of hydrogen-bond acceptors (Lipinski definition) is 6. The second kappa shape index (κ2) is 6.93. The number of nitrogens with one attached hydrogen (secondary N) is 2. The molecule has 23 heavy (non-hydrogen) atoms. The summed E-state index contributed by atoms with van der Waals surface area (Å²) in [5.74, 6) is -0.108. The van der Waals surface area contributed by atoms with Gasteiger partial charge in [0.2, 0.25) is 11.2 Å². The SMILES string of the molecule is C[C@H](Sc1nc(Cl)nc2nc[nH]c12)C(=O)NCc1ccccn1. The number of amides is 1. The summed E-state index contributed by atoms with van der Waals surface area (Å²) in [5.41, 5.74) is 1.96. The minimum absolute atomic E-state index is 0.105. The number of halogens is 1. The maximum Gasteiger partial charge on any atom is 0.233 e. The van der Waals surface area contributed by atoms with Crippen LogP contribution in [0.2, 0.25) is 5.28 Å². The highest BCUT2D eigenvalue weighted by Crippen LogP contribution is 2.27. The van der Waals surface area contributed by atoms with E-state index in [0.717, 1.165) is 5.69 Å². The average Bonchev–Trinajstić information content (AvgIpc) is 3.02. The van der Waals surface area contributed by atoms with Crippen molar-refractivity contribution in [3.05, 3.63) is 41.7 Å². The number of aromatic nitrogens is 5. The van der Waals surface area contributed by atoms with Gasteiger partial charge in [-0.3, -0.25) is 9.78 Å². The van der Waals surface area contributed by atoms with Crippen molar-refractivity contribution < 1.29 is 4.79 Å². The summed E-state index contributed by atoms with van der Waals surface area (Å²) in [6.45, 7) is 2.19. The Kier molecular flexibility index (Phi) is 4.73. The zero-order valence-corrected chi connectivity index (χ0v) is 13.7. The molecule has 0 aliphatic rings. The third-order valence-corrected chi connectivity index (χ3v) is 4.31. The van der Waals surface area contributed by atoms with E-state index < -0.39 is 0 Å². The van der Waals surface area contributed by atoms with Gasteiger partial charge in [-0.15, -0.1) is 0 Å². The Labute approximate surface area is 141 Å². The lowest BCUT2D eigenvalue weighted by atomic mass is 10.3. The van der Waals surface area contributed by atoms with E-state index >= 15 is 0 Å². The highest BCUT2D eigenvalue weighted by molar-refractivity contribution is 8.00. The summed E-state index contributed by atoms with van der Waals surface area (Å²) in [5, 5.41) is 3.20. The lowest BCUT2D eigenvalue weighted by molar-refractivity contribution is -0.120. The zero-order chi connectivity index (χ0) is 16.2. The molecule has 1 atom stereocenters. The molecule has 118 valence electrons. The molecule has 0 unspecified atom stereocenters. The quantitative estimate of drug-likeness (QED) is 0.417. The van der Waals surface area contributed by atoms with Crippen LogP contribution >= 0.6 is 23.4 Å². The number of nitrogens with zero attached hydrogens (tertiary/aromatic N) is 4. The molecule has 3 heterocycles. The fraction of sp³-hybridized carbons (Fsp3) is 0.214. The number of H-pyrrole nitrogens is 1. The van der Waals surface area contributed by atoms with E-state index in [2.05, 4.69) is 30.2 Å². The summed E-state index contributed by atoms with van der Waals surface area (Å²) >= 11 is 7.18. The molecule has 0 spiro atoms. The van der Waals surface area contributed by atoms with Crippen LogP contribution in [-0.2, 0) is 11.3 Å². The van der Waals surface area contributed by atoms with Gasteiger partial charge in [0.15, 0.2) is 5.65 Å². The number of imidazole rings is 1. The normalized spacial score (nSPS) is 12.3. The van der Waals surface area contributed by atoms with Crippen LogP contribution < -0.4 is 5.32 Å². The topological polar surface area (TPSA) is 96.5 Å². The van der Waals surface area contributed by atoms with Crippen LogP contribution in [0.1, 0.15) is 12.6 Å². The van der Waals surface area contributed by atoms with Crippen LogP contribution in [0.25, 0.3) is 11.2 Å². The Hall–Kier alpha value is -2.19. The van der Waals surface area contributed by atoms with Crippen LogP contribution in [0.15, 0.2) is 35.7 Å². The fourth-order valence-electron chi connectivity index (χ4n) is 1.91. The van der Waals surface area contributed by atoms with Gasteiger partial charge in [0, 0.05) is 6.20 Å². The molecule has 0 bridgehead atoms. The number of thioether (sulfide) groups is 1. The molecular formula is C14H13ClN6OS. The van der Waals surface area contributed by atoms with Gasteiger partial charge in [-0.25, -0.2) is 9.97 Å². The van der Waals surface area contributed by atoms with Gasteiger partial charge >= 0.3 is 0 Å². The van der Waals surface area contributed by atoms with Gasteiger partial charge in [0.05, 0.1) is 23.8 Å². The predicted octanol–water partition coefficient (Wildman–Crippen LogP) is 2.20. The molecule has 9 heteroatoms. The number of pyridine rings is 1. The van der Waals surface area contributed by atoms with Crippen molar-refractivity contribution in [3.63, 3.8) is 0 Å². The minimum Gasteiger partial charge on any atom is -0.349 e. The molecule has 0 radical (unpaired) electrons. The second-order valence-corrected chi connectivity index (χ2v) is 6.37. The molecule has 3 aromatic heterocycles. The van der Waals surface area contributed by atoms with Gasteiger partial charge < -0.3 is 10.3 Å². The van der Waals surface area contributed by atoms with E-state index in [1.54, 1.807) is 13.1 Å². The number of carbonyl (C=O) groups is 1. The Morgan fingerprint density at radius 2 is 2.26 bits per heavy atom. The molecule has 0 saturated carbocycles. The van der Waals surface area contributed by atoms with E-state index in [4.69, 9.17) is 11.6 Å². The third-order valence-electron chi connectivity index (χ3n) is 3.05. The predicted molar refractivity (Wildman–Crippen MR) is 88.1 cm³/mol. The molecule has 0 fully saturated rings. The van der Waals surface area contributed by atoms with Crippen LogP contribution in [0, 0.1) is 0 Å². The Morgan fingerprint density at radius 3 is 3.04 bits per heavy atom. The van der Waals surface area contributed by atoms with E-state index in [9.17, 15) is 4.79 Å². The van der Waals surface area contributed by atoms with Gasteiger partial charge in [0.1, 0.15) is 10.5 Å². The average molecular weight is 349 g/mol. The summed E-state index contributed by atoms with van der Waals surface area (Å²) in [7, 11) is 0. The number of carbonyl (C=O) groups excluding carboxylic acids is 1. The smallest absolute Gasteiger partial charge is 0.233 e. The first kappa shape index (κ1) is 15.7. The van der Waals surface area contributed by atoms with Gasteiger partial charge in [-0.2, -0.15) is 4.98 Å². The second-order valence-electron chi connectivity index (χ2n) is 4.70. The number of fused-ring (bicyclic) bond motifs is 1. The summed E-state index contributed by atoms with van der Waals surface area (Å²) < 4.78 is 0. The summed E-state index contributed by atoms with van der Waals surface area (Å²) in [6.07, 6.45) is 3.21. The van der Waals surface area contributed by atoms with Crippen LogP contribution in [0.3, 0.4) is 0 Å². The van der Waals surface area contributed by atoms with Crippen molar-refractivity contribution in [2.75, 3.05) is 0 Å². The lowest BCUT2D eigenvalue weighted by Gasteiger charge is -2.11. The van der Waals surface area contributed by atoms with Crippen LogP contribution in [0.4, 0.5) is 0 Å². The summed E-state index contributed by atoms with van der Waals surface area (Å²) in [6, 6.07) is 5.57. The first-order valence-corrected chi connectivity index (χ1v) is 8.10. The van der Waals surface area contributed by atoms with Gasteiger partial charge in [-0.05, 0) is 30.7 Å². The molecule has 2 N–H and O–H groups in total. The maximum atomic E-state index is 12.2. The van der Waals surface area contributed by atoms with Crippen molar-refractivity contribution in [1.82, 2.24) is 30.2 Å². The molecule has 0 aromatic carbocycles. The van der Waals surface area contributed by atoms with Crippen LogP contribution in [-0.4, -0.2) is 36.1 Å². The number of aromatic amines is 1. The fourth-order valence-corrected chi connectivity index (χ4v) is 3.06. The lowest BCUT2D eigenvalue weighted by Crippen LogP contribution is -2.30. The monoisotopic (exact) mass is 348 g/mol. The largest absolute Gasteiger partial charge is 0.349 e. The van der Waals surface area contributed by atoms with E-state index in [1.165, 1.54) is 18.1 Å². The Balaban J connectivity index is 1.67. The standard InChI is InChI=1S/C14H13ClN6OS/c1-8(12(22)17-6-9-4-2-3-5-16-9)23-13-10-11(19-7-18-10)20-14(15)21-13/h2-5,7-8H,6H2,1H3,(H,17,22)(H,18,19,20,21)/t8-/m0/s1. The van der Waals surface area contributed by atoms with Crippen molar-refractivity contribution in [2.45, 2.75) is 23.7 Å². The van der Waals surface area contributed by atoms with Gasteiger partial charge in [-0.1, -0.05) is 17.8 Å². The molecular weight excluding hydrogens is 336 g/mol. The minimum atomic E-state index is -0.351. The van der Waals surface area contributed by atoms with E-state index in [-0.39, 0.29) is 16.4 Å². The first-order valence-electron chi connectivity index (χ1n) is 6.84. The molecule has 0 aliphatic carbocycles. The highest BCUT2D eigenvalue weighted by atomic mass is 35.5. The molecule has 3 rings (SSSR count). The molecule has 0 aliphatic heterocycles. The highest BCUT2D eigenvalue weighted by Gasteiger charge is 2.18. The maximum absolute atomic E-state index is 12.2. The van der Waals surface area contributed by atoms with Crippen molar-refractivity contribution in [2.24, 2.45) is 0 Å². The van der Waals surface area contributed by atoms with Crippen molar-refractivity contribution in [1.29, 1.82) is 0 Å². The number of rotatable bonds is 5. The van der Waals surface area contributed by atoms with Crippen molar-refractivity contribution >= 4 is 40.4 Å². The Morgan fingerprint density at radius 1 is 1.39 bits per heavy atom. The zero-order valence-electron chi connectivity index (χ0n) is 12.2. The Bertz CT molecular complexity index is 825. The van der Waals surface area contributed by atoms with Gasteiger partial charge in [0.25, 0.3) is 0 Å². The van der Waals surface area contributed by atoms with Crippen LogP contribution in [0.5, 0.6) is 0 Å². The third kappa shape index (κ3) is 3.77. The van der Waals surface area contributed by atoms with Crippen molar-refractivity contribution in [3.8, 4) is 0 Å². The van der Waals surface area contributed by atoms with E-state index in [0.29, 0.717) is 22.7 Å². The summed E-state index contributed by atoms with van der Waals surface area (Å²) in [4.78, 5) is 31.6. The van der Waals surface area contributed by atoms with E-state index in [1.807, 2.05) is 18.2 Å². The molecule has 7 nitrogen and oxygen atoms in total. The number of hydrogen-bond donors (Lipinski definition) is 2. The molecule has 0 saturated heterocycles.